The summed E-state index contributed by atoms with van der Waals surface area (Å²) in [5.74, 6) is -3.62. The number of anilines is 1. The molecule has 4 aliphatic rings. The van der Waals surface area contributed by atoms with Crippen LogP contribution in [0, 0.1) is 11.8 Å². The Bertz CT molecular complexity index is 1670. The summed E-state index contributed by atoms with van der Waals surface area (Å²) in [5.41, 5.74) is 3.95. The number of likely N-dealkylation sites (tertiary alicyclic amines) is 1. The molecule has 0 saturated carbocycles. The van der Waals surface area contributed by atoms with Gasteiger partial charge in [0.1, 0.15) is 15.8 Å². The van der Waals surface area contributed by atoms with E-state index in [9.17, 15) is 14.4 Å². The smallest absolute Gasteiger partial charge is 0.248 e. The summed E-state index contributed by atoms with van der Waals surface area (Å²) in [5, 5.41) is 3.42. The van der Waals surface area contributed by atoms with E-state index in [1.54, 1.807) is 12.1 Å². The minimum atomic E-state index is -1.34. The highest BCUT2D eigenvalue weighted by Gasteiger charge is 2.73. The van der Waals surface area contributed by atoms with Gasteiger partial charge >= 0.3 is 0 Å². The second-order valence-corrected chi connectivity index (χ2v) is 12.8. The summed E-state index contributed by atoms with van der Waals surface area (Å²) in [6.07, 6.45) is 0.0926. The number of amides is 3. The van der Waals surface area contributed by atoms with Crippen molar-refractivity contribution in [3.63, 3.8) is 0 Å². The average Bonchev–Trinajstić information content (AvgIpc) is 3.27. The first-order valence-corrected chi connectivity index (χ1v) is 14.9. The van der Waals surface area contributed by atoms with Crippen LogP contribution in [-0.4, -0.2) is 28.7 Å². The van der Waals surface area contributed by atoms with E-state index in [0.717, 1.165) is 10.5 Å². The first-order chi connectivity index (χ1) is 20.2. The maximum absolute atomic E-state index is 14.5. The highest BCUT2D eigenvalue weighted by atomic mass is 35.5. The molecule has 3 atom stereocenters. The average molecular weight is 636 g/mol. The van der Waals surface area contributed by atoms with Crippen molar-refractivity contribution in [1.82, 2.24) is 4.90 Å². The number of rotatable bonds is 5. The van der Waals surface area contributed by atoms with E-state index in [0.29, 0.717) is 33.0 Å². The van der Waals surface area contributed by atoms with Crippen LogP contribution in [0.3, 0.4) is 0 Å². The Hall–Kier alpha value is -3.35. The summed E-state index contributed by atoms with van der Waals surface area (Å²) >= 11 is 27.4. The number of carbonyl (C=O) groups is 3. The fraction of sp³-hybridized carbons (Fsp3) is 0.182. The Morgan fingerprint density at radius 2 is 1.19 bits per heavy atom. The third-order valence-electron chi connectivity index (χ3n) is 8.69. The molecule has 0 unspecified atom stereocenters. The van der Waals surface area contributed by atoms with Crippen LogP contribution in [0.4, 0.5) is 5.69 Å². The molecule has 4 aromatic carbocycles. The minimum absolute atomic E-state index is 0.0926. The van der Waals surface area contributed by atoms with Crippen LogP contribution in [-0.2, 0) is 30.6 Å². The van der Waals surface area contributed by atoms with E-state index in [2.05, 4.69) is 5.32 Å². The lowest BCUT2D eigenvalue weighted by Gasteiger charge is -2.54. The molecule has 3 aliphatic carbocycles. The van der Waals surface area contributed by atoms with Crippen LogP contribution in [0.25, 0.3) is 0 Å². The van der Waals surface area contributed by atoms with Crippen LogP contribution in [0.5, 0.6) is 0 Å². The van der Waals surface area contributed by atoms with Crippen molar-refractivity contribution in [3.8, 4) is 0 Å². The summed E-state index contributed by atoms with van der Waals surface area (Å²) in [4.78, 5) is 41.5. The van der Waals surface area contributed by atoms with Gasteiger partial charge in [-0.1, -0.05) is 102 Å². The Kier molecular flexibility index (Phi) is 6.45. The first-order valence-electron chi connectivity index (χ1n) is 13.4. The molecule has 1 aliphatic heterocycles. The monoisotopic (exact) mass is 634 g/mol. The predicted molar refractivity (Wildman–Crippen MR) is 164 cm³/mol. The number of halogens is 4. The highest BCUT2D eigenvalue weighted by molar-refractivity contribution is 6.42. The van der Waals surface area contributed by atoms with Gasteiger partial charge in [0.05, 0.1) is 21.9 Å². The molecule has 9 heteroatoms. The van der Waals surface area contributed by atoms with Crippen LogP contribution >= 0.6 is 46.4 Å². The van der Waals surface area contributed by atoms with E-state index < -0.39 is 45.3 Å². The van der Waals surface area contributed by atoms with Gasteiger partial charge in [0.2, 0.25) is 17.7 Å². The van der Waals surface area contributed by atoms with E-state index >= 15 is 0 Å². The van der Waals surface area contributed by atoms with Crippen molar-refractivity contribution >= 4 is 69.8 Å². The molecule has 3 amide bonds. The second kappa shape index (κ2) is 9.85. The number of imide groups is 1. The minimum Gasteiger partial charge on any atom is -0.324 e. The number of nitrogens with one attached hydrogen (secondary N) is 1. The van der Waals surface area contributed by atoms with Gasteiger partial charge in [-0.15, -0.1) is 23.2 Å². The fourth-order valence-corrected chi connectivity index (χ4v) is 8.33. The molecular weight excluding hydrogens is 614 g/mol. The zero-order chi connectivity index (χ0) is 29.4. The van der Waals surface area contributed by atoms with Gasteiger partial charge in [0, 0.05) is 12.1 Å². The normalized spacial score (nSPS) is 26.0. The predicted octanol–water partition coefficient (Wildman–Crippen LogP) is 7.14. The van der Waals surface area contributed by atoms with Crippen molar-refractivity contribution in [3.05, 3.63) is 135 Å². The van der Waals surface area contributed by atoms with Gasteiger partial charge in [0.15, 0.2) is 0 Å². The molecular formula is C33H22Cl4N2O3. The molecule has 4 aromatic rings. The molecule has 1 heterocycles. The zero-order valence-electron chi connectivity index (χ0n) is 21.9. The zero-order valence-corrected chi connectivity index (χ0v) is 24.9. The molecule has 210 valence electrons. The van der Waals surface area contributed by atoms with Gasteiger partial charge in [-0.25, -0.2) is 0 Å². The molecule has 0 spiro atoms. The summed E-state index contributed by atoms with van der Waals surface area (Å²) in [6, 6.07) is 27.6. The van der Waals surface area contributed by atoms with Gasteiger partial charge in [-0.2, -0.15) is 0 Å². The number of hydrogen-bond acceptors (Lipinski definition) is 3. The highest BCUT2D eigenvalue weighted by Crippen LogP contribution is 2.69. The van der Waals surface area contributed by atoms with Crippen molar-refractivity contribution in [2.24, 2.45) is 11.8 Å². The van der Waals surface area contributed by atoms with E-state index in [1.807, 2.05) is 78.9 Å². The van der Waals surface area contributed by atoms with Gasteiger partial charge < -0.3 is 5.32 Å². The van der Waals surface area contributed by atoms with Crippen LogP contribution < -0.4 is 5.32 Å². The number of nitrogens with zero attached hydrogens (tertiary/aromatic N) is 1. The maximum Gasteiger partial charge on any atom is 0.248 e. The fourth-order valence-electron chi connectivity index (χ4n) is 6.93. The SMILES string of the molecule is O=C(Nc1ccc(Cl)c(Cl)c1)[C@H](Cc1ccccc1)N1C(=O)[C@@H]2[C@H](C1=O)C1(Cl)c3ccccc3C2(Cl)c2ccccc21. The first kappa shape index (κ1) is 27.5. The lowest BCUT2D eigenvalue weighted by Crippen LogP contribution is -2.57. The Labute approximate surface area is 262 Å². The van der Waals surface area contributed by atoms with Gasteiger partial charge in [-0.3, -0.25) is 19.3 Å². The molecule has 5 nitrogen and oxygen atoms in total. The summed E-state index contributed by atoms with van der Waals surface area (Å²) in [6.45, 7) is 0. The topological polar surface area (TPSA) is 66.5 Å². The van der Waals surface area contributed by atoms with Crippen LogP contribution in [0.1, 0.15) is 27.8 Å². The largest absolute Gasteiger partial charge is 0.324 e. The van der Waals surface area contributed by atoms with Crippen LogP contribution in [0.2, 0.25) is 10.0 Å². The Morgan fingerprint density at radius 3 is 1.67 bits per heavy atom. The third kappa shape index (κ3) is 3.74. The standard InChI is InChI=1S/C33H22Cl4N2O3/c34-24-15-14-19(17-25(24)35)38-29(40)26(16-18-8-2-1-3-9-18)39-30(41)27-28(31(39)42)33(37)21-11-5-4-10-20(21)32(27,36)22-12-6-7-13-23(22)33/h1-15,17,26-28H,16H2,(H,38,40)/t26-,27-,28+,32?,33?/m0/s1. The number of carbonyl (C=O) groups excluding carboxylic acids is 3. The molecule has 1 saturated heterocycles. The molecule has 1 fully saturated rings. The molecule has 1 N–H and O–H groups in total. The van der Waals surface area contributed by atoms with Crippen molar-refractivity contribution < 1.29 is 14.4 Å². The van der Waals surface area contributed by atoms with Crippen molar-refractivity contribution in [2.45, 2.75) is 22.2 Å². The molecule has 8 rings (SSSR count). The van der Waals surface area contributed by atoms with Gasteiger partial charge in [0.25, 0.3) is 0 Å². The molecule has 2 bridgehead atoms. The molecule has 0 radical (unpaired) electrons. The third-order valence-corrected chi connectivity index (χ3v) is 10.7. The van der Waals surface area contributed by atoms with Crippen LogP contribution in [0.15, 0.2) is 97.1 Å². The lowest BCUT2D eigenvalue weighted by atomic mass is 9.54. The number of benzene rings is 4. The maximum atomic E-state index is 14.5. The van der Waals surface area contributed by atoms with E-state index in [1.165, 1.54) is 6.07 Å². The Morgan fingerprint density at radius 1 is 0.714 bits per heavy atom. The Balaban J connectivity index is 1.36. The van der Waals surface area contributed by atoms with Crippen molar-refractivity contribution in [1.29, 1.82) is 0 Å². The van der Waals surface area contributed by atoms with Gasteiger partial charge in [-0.05, 0) is 46.0 Å². The van der Waals surface area contributed by atoms with E-state index in [4.69, 9.17) is 46.4 Å². The van der Waals surface area contributed by atoms with E-state index in [-0.39, 0.29) is 11.4 Å². The van der Waals surface area contributed by atoms with Crippen molar-refractivity contribution in [2.75, 3.05) is 5.32 Å². The number of alkyl halides is 2. The summed E-state index contributed by atoms with van der Waals surface area (Å²) < 4.78 is 0. The lowest BCUT2D eigenvalue weighted by molar-refractivity contribution is -0.146. The second-order valence-electron chi connectivity index (χ2n) is 10.8. The molecule has 42 heavy (non-hydrogen) atoms. The molecule has 0 aromatic heterocycles. The quantitative estimate of drug-likeness (QED) is 0.187. The number of hydrogen-bond donors (Lipinski definition) is 1. The summed E-state index contributed by atoms with van der Waals surface area (Å²) in [7, 11) is 0.